The molecular formula is C20H27N3O. The molecule has 0 bridgehead atoms. The number of pyridine rings is 1. The molecule has 3 heterocycles. The van der Waals surface area contributed by atoms with Crippen molar-refractivity contribution in [3.05, 3.63) is 35.2 Å². The Morgan fingerprint density at radius 3 is 2.38 bits per heavy atom. The molecule has 3 fully saturated rings. The SMILES string of the molecule is O=C(c1ccc(C=C2CCN(C3CCC3)CC2)cn1)N1CCCC1. The molecule has 24 heavy (non-hydrogen) atoms. The summed E-state index contributed by atoms with van der Waals surface area (Å²) in [5.74, 6) is 0.0838. The predicted octanol–water partition coefficient (Wildman–Crippen LogP) is 3.35. The monoisotopic (exact) mass is 325 g/mol. The molecule has 2 aliphatic heterocycles. The van der Waals surface area contributed by atoms with Gasteiger partial charge >= 0.3 is 0 Å². The van der Waals surface area contributed by atoms with Crippen LogP contribution in [-0.2, 0) is 0 Å². The molecule has 1 saturated carbocycles. The second kappa shape index (κ2) is 7.06. The number of amides is 1. The Bertz CT molecular complexity index is 602. The maximum Gasteiger partial charge on any atom is 0.272 e. The minimum Gasteiger partial charge on any atom is -0.337 e. The van der Waals surface area contributed by atoms with Crippen molar-refractivity contribution in [1.82, 2.24) is 14.8 Å². The fourth-order valence-electron chi connectivity index (χ4n) is 4.01. The largest absolute Gasteiger partial charge is 0.337 e. The zero-order chi connectivity index (χ0) is 16.4. The van der Waals surface area contributed by atoms with Crippen molar-refractivity contribution in [2.45, 2.75) is 51.0 Å². The number of carbonyl (C=O) groups is 1. The summed E-state index contributed by atoms with van der Waals surface area (Å²) in [5.41, 5.74) is 3.23. The molecule has 1 aromatic rings. The Morgan fingerprint density at radius 2 is 1.79 bits per heavy atom. The van der Waals surface area contributed by atoms with Gasteiger partial charge in [-0.1, -0.05) is 24.1 Å². The standard InChI is InChI=1S/C20H27N3O/c24-20(23-10-1-2-11-23)19-7-6-17(15-21-19)14-16-8-12-22(13-9-16)18-4-3-5-18/h6-7,14-15,18H,1-5,8-13H2. The van der Waals surface area contributed by atoms with Crippen molar-refractivity contribution >= 4 is 12.0 Å². The number of aromatic nitrogens is 1. The van der Waals surface area contributed by atoms with Crippen LogP contribution >= 0.6 is 0 Å². The molecule has 0 spiro atoms. The van der Waals surface area contributed by atoms with Gasteiger partial charge in [-0.25, -0.2) is 0 Å². The highest BCUT2D eigenvalue weighted by molar-refractivity contribution is 5.92. The molecule has 2 saturated heterocycles. The van der Waals surface area contributed by atoms with Gasteiger partial charge in [0.2, 0.25) is 0 Å². The summed E-state index contributed by atoms with van der Waals surface area (Å²) in [6, 6.07) is 4.79. The van der Waals surface area contributed by atoms with Crippen molar-refractivity contribution in [3.63, 3.8) is 0 Å². The summed E-state index contributed by atoms with van der Waals surface area (Å²) in [7, 11) is 0. The van der Waals surface area contributed by atoms with Crippen LogP contribution in [0.3, 0.4) is 0 Å². The minimum atomic E-state index is 0.0838. The molecule has 1 aliphatic carbocycles. The van der Waals surface area contributed by atoms with E-state index in [-0.39, 0.29) is 5.91 Å². The average Bonchev–Trinajstić information content (AvgIpc) is 3.10. The maximum absolute atomic E-state index is 12.3. The molecule has 0 unspecified atom stereocenters. The molecule has 0 N–H and O–H groups in total. The molecule has 0 radical (unpaired) electrons. The van der Waals surface area contributed by atoms with Gasteiger partial charge in [-0.2, -0.15) is 0 Å². The Morgan fingerprint density at radius 1 is 1.04 bits per heavy atom. The number of hydrogen-bond donors (Lipinski definition) is 0. The Balaban J connectivity index is 1.35. The molecule has 1 amide bonds. The van der Waals surface area contributed by atoms with Gasteiger partial charge in [0.15, 0.2) is 0 Å². The summed E-state index contributed by atoms with van der Waals surface area (Å²) in [6.07, 6.45) is 12.9. The van der Waals surface area contributed by atoms with E-state index in [9.17, 15) is 4.79 Å². The highest BCUT2D eigenvalue weighted by Gasteiger charge is 2.26. The van der Waals surface area contributed by atoms with E-state index in [0.29, 0.717) is 5.69 Å². The van der Waals surface area contributed by atoms with Crippen molar-refractivity contribution in [2.24, 2.45) is 0 Å². The third-order valence-electron chi connectivity index (χ3n) is 5.80. The fraction of sp³-hybridized carbons (Fsp3) is 0.600. The molecular weight excluding hydrogens is 298 g/mol. The van der Waals surface area contributed by atoms with Crippen molar-refractivity contribution in [2.75, 3.05) is 26.2 Å². The smallest absolute Gasteiger partial charge is 0.272 e. The molecule has 0 aromatic carbocycles. The number of likely N-dealkylation sites (tertiary alicyclic amines) is 2. The molecule has 4 rings (SSSR count). The average molecular weight is 325 g/mol. The van der Waals surface area contributed by atoms with Gasteiger partial charge in [-0.15, -0.1) is 0 Å². The quantitative estimate of drug-likeness (QED) is 0.855. The lowest BCUT2D eigenvalue weighted by atomic mass is 9.89. The zero-order valence-corrected chi connectivity index (χ0v) is 14.4. The Hall–Kier alpha value is -1.68. The third-order valence-corrected chi connectivity index (χ3v) is 5.80. The van der Waals surface area contributed by atoms with E-state index in [0.717, 1.165) is 37.5 Å². The lowest BCUT2D eigenvalue weighted by molar-refractivity contribution is 0.0787. The summed E-state index contributed by atoms with van der Waals surface area (Å²) in [6.45, 7) is 4.17. The zero-order valence-electron chi connectivity index (χ0n) is 14.4. The first kappa shape index (κ1) is 15.8. The molecule has 4 heteroatoms. The van der Waals surface area contributed by atoms with Gasteiger partial charge in [-0.3, -0.25) is 14.7 Å². The van der Waals surface area contributed by atoms with Crippen LogP contribution in [0.4, 0.5) is 0 Å². The Labute approximate surface area is 144 Å². The van der Waals surface area contributed by atoms with E-state index < -0.39 is 0 Å². The summed E-state index contributed by atoms with van der Waals surface area (Å²) < 4.78 is 0. The fourth-order valence-corrected chi connectivity index (χ4v) is 4.01. The normalized spacial score (nSPS) is 22.5. The van der Waals surface area contributed by atoms with E-state index in [1.54, 1.807) is 0 Å². The van der Waals surface area contributed by atoms with E-state index in [4.69, 9.17) is 0 Å². The van der Waals surface area contributed by atoms with E-state index >= 15 is 0 Å². The van der Waals surface area contributed by atoms with Crippen LogP contribution in [0.15, 0.2) is 23.9 Å². The van der Waals surface area contributed by atoms with Gasteiger partial charge in [0, 0.05) is 38.4 Å². The molecule has 0 atom stereocenters. The summed E-state index contributed by atoms with van der Waals surface area (Å²) in [4.78, 5) is 21.3. The van der Waals surface area contributed by atoms with E-state index in [1.165, 1.54) is 50.8 Å². The number of carbonyl (C=O) groups excluding carboxylic acids is 1. The first-order valence-corrected chi connectivity index (χ1v) is 9.48. The van der Waals surface area contributed by atoms with Crippen LogP contribution in [-0.4, -0.2) is 52.9 Å². The highest BCUT2D eigenvalue weighted by atomic mass is 16.2. The maximum atomic E-state index is 12.3. The highest BCUT2D eigenvalue weighted by Crippen LogP contribution is 2.29. The second-order valence-electron chi connectivity index (χ2n) is 7.40. The van der Waals surface area contributed by atoms with Crippen molar-refractivity contribution in [1.29, 1.82) is 0 Å². The molecule has 1 aromatic heterocycles. The predicted molar refractivity (Wildman–Crippen MR) is 95.8 cm³/mol. The second-order valence-corrected chi connectivity index (χ2v) is 7.40. The molecule has 128 valence electrons. The van der Waals surface area contributed by atoms with Crippen LogP contribution < -0.4 is 0 Å². The number of hydrogen-bond acceptors (Lipinski definition) is 3. The van der Waals surface area contributed by atoms with Crippen LogP contribution in [0, 0.1) is 0 Å². The first-order chi connectivity index (χ1) is 11.8. The number of nitrogens with zero attached hydrogens (tertiary/aromatic N) is 3. The first-order valence-electron chi connectivity index (χ1n) is 9.48. The van der Waals surface area contributed by atoms with Gasteiger partial charge in [0.25, 0.3) is 5.91 Å². The van der Waals surface area contributed by atoms with Crippen LogP contribution in [0.2, 0.25) is 0 Å². The van der Waals surface area contributed by atoms with Gasteiger partial charge in [-0.05, 0) is 50.2 Å². The van der Waals surface area contributed by atoms with Crippen LogP contribution in [0.1, 0.15) is 61.0 Å². The number of piperidine rings is 1. The van der Waals surface area contributed by atoms with Crippen molar-refractivity contribution in [3.8, 4) is 0 Å². The topological polar surface area (TPSA) is 36.4 Å². The minimum absolute atomic E-state index is 0.0838. The number of rotatable bonds is 3. The third kappa shape index (κ3) is 3.39. The van der Waals surface area contributed by atoms with E-state index in [2.05, 4.69) is 16.0 Å². The van der Waals surface area contributed by atoms with Gasteiger partial charge in [0.05, 0.1) is 0 Å². The lowest BCUT2D eigenvalue weighted by Gasteiger charge is -2.40. The van der Waals surface area contributed by atoms with Crippen LogP contribution in [0.25, 0.3) is 6.08 Å². The molecule has 4 nitrogen and oxygen atoms in total. The lowest BCUT2D eigenvalue weighted by Crippen LogP contribution is -2.43. The summed E-state index contributed by atoms with van der Waals surface area (Å²) in [5, 5.41) is 0. The Kier molecular flexibility index (Phi) is 4.65. The van der Waals surface area contributed by atoms with Gasteiger partial charge < -0.3 is 4.90 Å². The molecule has 3 aliphatic rings. The van der Waals surface area contributed by atoms with E-state index in [1.807, 2.05) is 23.2 Å². The van der Waals surface area contributed by atoms with Crippen LogP contribution in [0.5, 0.6) is 0 Å². The summed E-state index contributed by atoms with van der Waals surface area (Å²) >= 11 is 0. The van der Waals surface area contributed by atoms with Crippen molar-refractivity contribution < 1.29 is 4.79 Å². The van der Waals surface area contributed by atoms with Gasteiger partial charge in [0.1, 0.15) is 5.69 Å².